The molecule has 0 aliphatic carbocycles. The van der Waals surface area contributed by atoms with E-state index in [1.54, 1.807) is 31.4 Å². The van der Waals surface area contributed by atoms with Crippen molar-refractivity contribution in [1.82, 2.24) is 0 Å². The Morgan fingerprint density at radius 3 is 1.61 bits per heavy atom. The average Bonchev–Trinajstić information content (AvgIpc) is 3.47. The van der Waals surface area contributed by atoms with Crippen LogP contribution in [0.15, 0.2) is 77.9 Å². The largest absolute Gasteiger partial charge is 0.497 e. The normalized spacial score (nSPS) is 14.8. The molecule has 0 unspecified atom stereocenters. The van der Waals surface area contributed by atoms with Crippen LogP contribution in [0.4, 0.5) is 11.4 Å². The first-order valence-corrected chi connectivity index (χ1v) is 13.4. The topological polar surface area (TPSA) is 68.3 Å². The molecule has 0 atom stereocenters. The third-order valence-electron chi connectivity index (χ3n) is 7.42. The highest BCUT2D eigenvalue weighted by Gasteiger charge is 2.43. The second-order valence-corrected chi connectivity index (χ2v) is 10.5. The van der Waals surface area contributed by atoms with E-state index >= 15 is 0 Å². The van der Waals surface area contributed by atoms with Crippen molar-refractivity contribution in [3.8, 4) is 5.75 Å². The first-order valence-electron chi connectivity index (χ1n) is 13.4. The fourth-order valence-corrected chi connectivity index (χ4v) is 5.95. The van der Waals surface area contributed by atoms with Crippen LogP contribution in [0, 0.1) is 41.5 Å². The van der Waals surface area contributed by atoms with Crippen LogP contribution in [0.3, 0.4) is 0 Å². The minimum absolute atomic E-state index is 0.0706. The first kappa shape index (κ1) is 27.8. The van der Waals surface area contributed by atoms with Gasteiger partial charge in [0.15, 0.2) is 5.76 Å². The molecule has 0 saturated carbocycles. The van der Waals surface area contributed by atoms with Crippen molar-refractivity contribution in [2.24, 2.45) is 0 Å². The second kappa shape index (κ2) is 10.7. The lowest BCUT2D eigenvalue weighted by Crippen LogP contribution is -2.29. The van der Waals surface area contributed by atoms with E-state index in [1.165, 1.54) is 7.11 Å². The molecule has 41 heavy (non-hydrogen) atoms. The van der Waals surface area contributed by atoms with E-state index in [4.69, 9.17) is 14.2 Å². The molecule has 0 amide bonds. The van der Waals surface area contributed by atoms with Gasteiger partial charge in [0.05, 0.1) is 25.6 Å². The molecule has 0 saturated heterocycles. The van der Waals surface area contributed by atoms with Gasteiger partial charge in [0.2, 0.25) is 0 Å². The van der Waals surface area contributed by atoms with Crippen molar-refractivity contribution in [3.05, 3.63) is 117 Å². The van der Waals surface area contributed by atoms with Gasteiger partial charge < -0.3 is 24.0 Å². The van der Waals surface area contributed by atoms with Gasteiger partial charge in [-0.15, -0.1) is 0 Å². The Labute approximate surface area is 240 Å². The van der Waals surface area contributed by atoms with Gasteiger partial charge in [0.25, 0.3) is 0 Å². The summed E-state index contributed by atoms with van der Waals surface area (Å²) in [6, 6.07) is 15.4. The van der Waals surface area contributed by atoms with Crippen LogP contribution in [0.25, 0.3) is 5.76 Å². The number of hydrogen-bond donors (Lipinski definition) is 0. The number of methoxy groups -OCH3 is 2. The molecule has 5 rings (SSSR count). The number of aryl methyl sites for hydroxylation is 6. The summed E-state index contributed by atoms with van der Waals surface area (Å²) in [6.07, 6.45) is 3.86. The summed E-state index contributed by atoms with van der Waals surface area (Å²) >= 11 is 0. The smallest absolute Gasteiger partial charge is 0.348 e. The van der Waals surface area contributed by atoms with Gasteiger partial charge in [-0.3, -0.25) is 0 Å². The van der Waals surface area contributed by atoms with Crippen molar-refractivity contribution >= 4 is 29.1 Å². The predicted octanol–water partition coefficient (Wildman–Crippen LogP) is 6.70. The molecule has 2 aliphatic heterocycles. The van der Waals surface area contributed by atoms with Gasteiger partial charge in [0, 0.05) is 18.0 Å². The zero-order valence-electron chi connectivity index (χ0n) is 24.7. The van der Waals surface area contributed by atoms with E-state index in [0.717, 1.165) is 44.8 Å². The highest BCUT2D eigenvalue weighted by molar-refractivity contribution is 6.18. The highest BCUT2D eigenvalue weighted by Crippen LogP contribution is 2.44. The van der Waals surface area contributed by atoms with E-state index in [1.807, 2.05) is 49.9 Å². The Morgan fingerprint density at radius 2 is 1.20 bits per heavy atom. The zero-order valence-corrected chi connectivity index (χ0v) is 24.7. The van der Waals surface area contributed by atoms with Crippen molar-refractivity contribution in [1.29, 1.82) is 0 Å². The van der Waals surface area contributed by atoms with Crippen molar-refractivity contribution < 1.29 is 23.8 Å². The van der Waals surface area contributed by atoms with Crippen LogP contribution in [0.1, 0.15) is 38.9 Å². The zero-order chi connectivity index (χ0) is 29.6. The number of anilines is 2. The number of nitrogens with zero attached hydrogens (tertiary/aromatic N) is 2. The maximum Gasteiger partial charge on any atom is 0.348 e. The molecule has 7 heteroatoms. The Morgan fingerprint density at radius 1 is 0.732 bits per heavy atom. The average molecular weight is 551 g/mol. The summed E-state index contributed by atoms with van der Waals surface area (Å²) in [4.78, 5) is 31.3. The van der Waals surface area contributed by atoms with Crippen molar-refractivity contribution in [2.45, 2.75) is 41.5 Å². The monoisotopic (exact) mass is 550 g/mol. The van der Waals surface area contributed by atoms with Gasteiger partial charge in [0.1, 0.15) is 22.7 Å². The molecule has 0 fully saturated rings. The molecular weight excluding hydrogens is 516 g/mol. The van der Waals surface area contributed by atoms with Gasteiger partial charge in [-0.05, 0) is 88.1 Å². The van der Waals surface area contributed by atoms with Crippen LogP contribution in [0.2, 0.25) is 0 Å². The summed E-state index contributed by atoms with van der Waals surface area (Å²) in [5.41, 5.74) is 9.04. The van der Waals surface area contributed by atoms with Crippen LogP contribution in [0.5, 0.6) is 5.75 Å². The van der Waals surface area contributed by atoms with Crippen LogP contribution in [-0.4, -0.2) is 26.2 Å². The third kappa shape index (κ3) is 4.78. The Bertz CT molecular complexity index is 1560. The van der Waals surface area contributed by atoms with Gasteiger partial charge in [-0.1, -0.05) is 35.4 Å². The summed E-state index contributed by atoms with van der Waals surface area (Å²) in [5, 5.41) is 0. The van der Waals surface area contributed by atoms with Crippen molar-refractivity contribution in [3.63, 3.8) is 0 Å². The number of carbonyl (C=O) groups is 2. The summed E-state index contributed by atoms with van der Waals surface area (Å²) in [7, 11) is 2.88. The van der Waals surface area contributed by atoms with Crippen LogP contribution < -0.4 is 14.5 Å². The van der Waals surface area contributed by atoms with Crippen molar-refractivity contribution in [2.75, 3.05) is 24.0 Å². The fourth-order valence-electron chi connectivity index (χ4n) is 5.95. The Kier molecular flexibility index (Phi) is 7.22. The molecule has 0 bridgehead atoms. The van der Waals surface area contributed by atoms with E-state index in [0.29, 0.717) is 17.1 Å². The molecule has 0 N–H and O–H groups in total. The van der Waals surface area contributed by atoms with Gasteiger partial charge in [-0.2, -0.15) is 0 Å². The number of rotatable bonds is 5. The summed E-state index contributed by atoms with van der Waals surface area (Å²) in [6.45, 7) is 12.3. The number of esters is 2. The molecule has 3 aromatic carbocycles. The minimum atomic E-state index is -0.661. The lowest BCUT2D eigenvalue weighted by Gasteiger charge is -2.30. The second-order valence-electron chi connectivity index (χ2n) is 10.5. The SMILES string of the molecule is COC(=O)C1=C(c2ccc(OC)cc2)OC(=O)C1=C1N(c2c(C)cc(C)cc2C)C=CN1c1c(C)cc(C)cc1C. The van der Waals surface area contributed by atoms with Crippen LogP contribution >= 0.6 is 0 Å². The third-order valence-corrected chi connectivity index (χ3v) is 7.42. The lowest BCUT2D eigenvalue weighted by molar-refractivity contribution is -0.136. The van der Waals surface area contributed by atoms with Gasteiger partial charge in [-0.25, -0.2) is 9.59 Å². The Hall–Kier alpha value is -4.78. The molecule has 0 spiro atoms. The van der Waals surface area contributed by atoms with E-state index in [-0.39, 0.29) is 16.9 Å². The molecule has 3 aromatic rings. The maximum atomic E-state index is 13.9. The number of cyclic esters (lactones) is 1. The number of benzene rings is 3. The van der Waals surface area contributed by atoms with Gasteiger partial charge >= 0.3 is 11.9 Å². The molecule has 7 nitrogen and oxygen atoms in total. The maximum absolute atomic E-state index is 13.9. The molecular formula is C34H34N2O5. The molecule has 0 aromatic heterocycles. The molecule has 2 aliphatic rings. The lowest BCUT2D eigenvalue weighted by atomic mass is 10.00. The molecule has 210 valence electrons. The molecule has 2 heterocycles. The first-order chi connectivity index (χ1) is 19.5. The number of ether oxygens (including phenoxy) is 3. The predicted molar refractivity (Wildman–Crippen MR) is 160 cm³/mol. The van der Waals surface area contributed by atoms with E-state index in [2.05, 4.69) is 38.1 Å². The van der Waals surface area contributed by atoms with E-state index < -0.39 is 11.9 Å². The highest BCUT2D eigenvalue weighted by atomic mass is 16.6. The fraction of sp³-hybridized carbons (Fsp3) is 0.235. The standard InChI is InChI=1S/C34H34N2O5/c1-19-15-21(3)29(22(4)16-19)35-13-14-36(30-23(5)17-20(2)18-24(30)6)32(35)28-27(33(37)40-8)31(41-34(28)38)25-9-11-26(39-7)12-10-25/h9-18H,1-8H3. The van der Waals surface area contributed by atoms with E-state index in [9.17, 15) is 9.59 Å². The minimum Gasteiger partial charge on any atom is -0.497 e. The number of carbonyl (C=O) groups excluding carboxylic acids is 2. The quantitative estimate of drug-likeness (QED) is 0.259. The Balaban J connectivity index is 1.84. The summed E-state index contributed by atoms with van der Waals surface area (Å²) < 4.78 is 16.4. The molecule has 0 radical (unpaired) electrons. The summed E-state index contributed by atoms with van der Waals surface area (Å²) in [5.74, 6) is 0.00259. The van der Waals surface area contributed by atoms with Crippen LogP contribution in [-0.2, 0) is 19.1 Å². The number of hydrogen-bond acceptors (Lipinski definition) is 7.